The first-order chi connectivity index (χ1) is 10.6. The van der Waals surface area contributed by atoms with Crippen molar-refractivity contribution in [3.63, 3.8) is 0 Å². The van der Waals surface area contributed by atoms with E-state index in [9.17, 15) is 4.79 Å². The largest absolute Gasteiger partial charge is 0.325 e. The van der Waals surface area contributed by atoms with Crippen molar-refractivity contribution in [2.75, 3.05) is 5.32 Å². The maximum atomic E-state index is 12.4. The molecule has 0 atom stereocenters. The molecule has 22 heavy (non-hydrogen) atoms. The van der Waals surface area contributed by atoms with Gasteiger partial charge in [0.15, 0.2) is 5.16 Å². The number of hydrogen-bond acceptors (Lipinski definition) is 4. The molecule has 0 bridgehead atoms. The van der Waals surface area contributed by atoms with E-state index in [2.05, 4.69) is 15.5 Å². The van der Waals surface area contributed by atoms with Crippen LogP contribution in [0.4, 0.5) is 5.69 Å². The first kappa shape index (κ1) is 15.4. The molecule has 0 unspecified atom stereocenters. The van der Waals surface area contributed by atoms with E-state index < -0.39 is 0 Å². The molecule has 0 aliphatic heterocycles. The highest BCUT2D eigenvalue weighted by Crippen LogP contribution is 2.35. The molecule has 1 fully saturated rings. The predicted molar refractivity (Wildman–Crippen MR) is 87.2 cm³/mol. The number of anilines is 1. The molecule has 1 amide bonds. The van der Waals surface area contributed by atoms with Crippen LogP contribution in [0.15, 0.2) is 34.6 Å². The second kappa shape index (κ2) is 6.71. The SMILES string of the molecule is Cn1cnnc1Sc1ccc(Cl)cc1NC(=O)C1CCCC1. The second-order valence-electron chi connectivity index (χ2n) is 5.44. The fourth-order valence-electron chi connectivity index (χ4n) is 2.58. The van der Waals surface area contributed by atoms with Crippen LogP contribution in [0, 0.1) is 5.92 Å². The molecule has 0 saturated heterocycles. The van der Waals surface area contributed by atoms with Crippen LogP contribution in [-0.4, -0.2) is 20.7 Å². The Kier molecular flexibility index (Phi) is 4.69. The standard InChI is InChI=1S/C15H17ClN4OS/c1-20-9-17-19-15(20)22-13-7-6-11(16)8-12(13)18-14(21)10-4-2-3-5-10/h6-10H,2-5H2,1H3,(H,18,21). The fourth-order valence-corrected chi connectivity index (χ4v) is 3.58. The van der Waals surface area contributed by atoms with Gasteiger partial charge in [0.1, 0.15) is 6.33 Å². The van der Waals surface area contributed by atoms with Gasteiger partial charge in [0.2, 0.25) is 5.91 Å². The van der Waals surface area contributed by atoms with Crippen LogP contribution in [0.2, 0.25) is 5.02 Å². The first-order valence-electron chi connectivity index (χ1n) is 7.26. The van der Waals surface area contributed by atoms with Crippen molar-refractivity contribution in [3.8, 4) is 0 Å². The quantitative estimate of drug-likeness (QED) is 0.923. The lowest BCUT2D eigenvalue weighted by Gasteiger charge is -2.14. The Morgan fingerprint density at radius 2 is 2.18 bits per heavy atom. The third-order valence-corrected chi connectivity index (χ3v) is 5.16. The summed E-state index contributed by atoms with van der Waals surface area (Å²) >= 11 is 7.54. The number of amides is 1. The van der Waals surface area contributed by atoms with Crippen molar-refractivity contribution in [1.29, 1.82) is 0 Å². The Morgan fingerprint density at radius 3 is 2.86 bits per heavy atom. The van der Waals surface area contributed by atoms with Crippen LogP contribution in [-0.2, 0) is 11.8 Å². The van der Waals surface area contributed by atoms with Crippen molar-refractivity contribution >= 4 is 35.0 Å². The highest BCUT2D eigenvalue weighted by molar-refractivity contribution is 7.99. The maximum absolute atomic E-state index is 12.4. The van der Waals surface area contributed by atoms with Crippen LogP contribution >= 0.6 is 23.4 Å². The Morgan fingerprint density at radius 1 is 1.41 bits per heavy atom. The minimum Gasteiger partial charge on any atom is -0.325 e. The number of hydrogen-bond donors (Lipinski definition) is 1. The molecule has 7 heteroatoms. The summed E-state index contributed by atoms with van der Waals surface area (Å²) in [4.78, 5) is 13.3. The highest BCUT2D eigenvalue weighted by Gasteiger charge is 2.23. The van der Waals surface area contributed by atoms with E-state index in [4.69, 9.17) is 11.6 Å². The van der Waals surface area contributed by atoms with Gasteiger partial charge in [-0.3, -0.25) is 4.79 Å². The summed E-state index contributed by atoms with van der Waals surface area (Å²) in [7, 11) is 1.88. The van der Waals surface area contributed by atoms with Gasteiger partial charge in [0, 0.05) is 22.9 Å². The van der Waals surface area contributed by atoms with E-state index in [1.165, 1.54) is 11.8 Å². The molecule has 1 aliphatic rings. The number of carbonyl (C=O) groups excluding carboxylic acids is 1. The molecule has 1 aromatic heterocycles. The maximum Gasteiger partial charge on any atom is 0.227 e. The average Bonchev–Trinajstić information content (AvgIpc) is 3.14. The number of nitrogens with zero attached hydrogens (tertiary/aromatic N) is 3. The Labute approximate surface area is 138 Å². The van der Waals surface area contributed by atoms with Crippen LogP contribution < -0.4 is 5.32 Å². The van der Waals surface area contributed by atoms with E-state index >= 15 is 0 Å². The topological polar surface area (TPSA) is 59.8 Å². The number of benzene rings is 1. The van der Waals surface area contributed by atoms with Crippen molar-refractivity contribution < 1.29 is 4.79 Å². The molecule has 0 spiro atoms. The van der Waals surface area contributed by atoms with E-state index in [1.807, 2.05) is 23.7 Å². The zero-order valence-electron chi connectivity index (χ0n) is 12.3. The number of halogens is 1. The second-order valence-corrected chi connectivity index (χ2v) is 6.88. The molecule has 1 saturated carbocycles. The molecule has 0 radical (unpaired) electrons. The normalized spacial score (nSPS) is 15.2. The van der Waals surface area contributed by atoms with Crippen LogP contribution in [0.3, 0.4) is 0 Å². The summed E-state index contributed by atoms with van der Waals surface area (Å²) in [6.07, 6.45) is 5.85. The number of aromatic nitrogens is 3. The molecule has 5 nitrogen and oxygen atoms in total. The van der Waals surface area contributed by atoms with E-state index in [0.717, 1.165) is 41.4 Å². The zero-order valence-corrected chi connectivity index (χ0v) is 13.8. The lowest BCUT2D eigenvalue weighted by Crippen LogP contribution is -2.20. The molecule has 1 heterocycles. The van der Waals surface area contributed by atoms with Gasteiger partial charge in [0.25, 0.3) is 0 Å². The van der Waals surface area contributed by atoms with Gasteiger partial charge in [-0.25, -0.2) is 0 Å². The first-order valence-corrected chi connectivity index (χ1v) is 8.45. The molecule has 3 rings (SSSR count). The van der Waals surface area contributed by atoms with Crippen molar-refractivity contribution in [2.24, 2.45) is 13.0 Å². The Hall–Kier alpha value is -1.53. The van der Waals surface area contributed by atoms with E-state index in [-0.39, 0.29) is 11.8 Å². The summed E-state index contributed by atoms with van der Waals surface area (Å²) in [6.45, 7) is 0. The van der Waals surface area contributed by atoms with Crippen LogP contribution in [0.25, 0.3) is 0 Å². The summed E-state index contributed by atoms with van der Waals surface area (Å²) in [5, 5.41) is 12.3. The molecule has 1 aliphatic carbocycles. The van der Waals surface area contributed by atoms with Crippen molar-refractivity contribution in [2.45, 2.75) is 35.7 Å². The Bertz CT molecular complexity index is 682. The smallest absolute Gasteiger partial charge is 0.227 e. The van der Waals surface area contributed by atoms with Gasteiger partial charge in [0.05, 0.1) is 5.69 Å². The summed E-state index contributed by atoms with van der Waals surface area (Å²) in [5.41, 5.74) is 0.734. The Balaban J connectivity index is 1.81. The van der Waals surface area contributed by atoms with Crippen molar-refractivity contribution in [3.05, 3.63) is 29.5 Å². The number of rotatable bonds is 4. The predicted octanol–water partition coefficient (Wildman–Crippen LogP) is 3.75. The van der Waals surface area contributed by atoms with Crippen LogP contribution in [0.5, 0.6) is 0 Å². The number of nitrogens with one attached hydrogen (secondary N) is 1. The molecular weight excluding hydrogens is 320 g/mol. The zero-order chi connectivity index (χ0) is 15.5. The molecular formula is C15H17ClN4OS. The van der Waals surface area contributed by atoms with Crippen LogP contribution in [0.1, 0.15) is 25.7 Å². The fraction of sp³-hybridized carbons (Fsp3) is 0.400. The third-order valence-electron chi connectivity index (χ3n) is 3.80. The minimum atomic E-state index is 0.0829. The van der Waals surface area contributed by atoms with Crippen molar-refractivity contribution in [1.82, 2.24) is 14.8 Å². The van der Waals surface area contributed by atoms with Gasteiger partial charge in [-0.15, -0.1) is 10.2 Å². The van der Waals surface area contributed by atoms with Gasteiger partial charge < -0.3 is 9.88 Å². The number of aryl methyl sites for hydroxylation is 1. The molecule has 1 aromatic carbocycles. The highest BCUT2D eigenvalue weighted by atomic mass is 35.5. The van der Waals surface area contributed by atoms with Gasteiger partial charge in [-0.2, -0.15) is 0 Å². The molecule has 2 aromatic rings. The number of carbonyl (C=O) groups is 1. The minimum absolute atomic E-state index is 0.0829. The lowest BCUT2D eigenvalue weighted by atomic mass is 10.1. The summed E-state index contributed by atoms with van der Waals surface area (Å²) in [5.74, 6) is 0.200. The molecule has 116 valence electrons. The van der Waals surface area contributed by atoms with Gasteiger partial charge >= 0.3 is 0 Å². The summed E-state index contributed by atoms with van der Waals surface area (Å²) < 4.78 is 1.84. The monoisotopic (exact) mass is 336 g/mol. The van der Waals surface area contributed by atoms with E-state index in [1.54, 1.807) is 12.4 Å². The van der Waals surface area contributed by atoms with Gasteiger partial charge in [-0.1, -0.05) is 24.4 Å². The average molecular weight is 337 g/mol. The van der Waals surface area contributed by atoms with E-state index in [0.29, 0.717) is 5.02 Å². The summed E-state index contributed by atoms with van der Waals surface area (Å²) in [6, 6.07) is 5.49. The lowest BCUT2D eigenvalue weighted by molar-refractivity contribution is -0.119. The molecule has 1 N–H and O–H groups in total. The third kappa shape index (κ3) is 3.44. The van der Waals surface area contributed by atoms with Gasteiger partial charge in [-0.05, 0) is 42.8 Å².